The highest BCUT2D eigenvalue weighted by Crippen LogP contribution is 2.31. The van der Waals surface area contributed by atoms with E-state index in [0.717, 1.165) is 25.7 Å². The number of hydrogen-bond donors (Lipinski definition) is 3. The van der Waals surface area contributed by atoms with Gasteiger partial charge in [-0.2, -0.15) is 0 Å². The van der Waals surface area contributed by atoms with Gasteiger partial charge in [0.05, 0.1) is 5.92 Å². The summed E-state index contributed by atoms with van der Waals surface area (Å²) in [6, 6.07) is 0. The van der Waals surface area contributed by atoms with Gasteiger partial charge in [-0.15, -0.1) is 0 Å². The molecule has 0 bridgehead atoms. The van der Waals surface area contributed by atoms with Crippen LogP contribution >= 0.6 is 0 Å². The van der Waals surface area contributed by atoms with Gasteiger partial charge in [0.15, 0.2) is 0 Å². The lowest BCUT2D eigenvalue weighted by molar-refractivity contribution is -0.128. The van der Waals surface area contributed by atoms with Gasteiger partial charge in [-0.3, -0.25) is 4.79 Å². The number of aliphatic hydroxyl groups is 1. The molecule has 1 amide bonds. The first kappa shape index (κ1) is 12.5. The van der Waals surface area contributed by atoms with Crippen LogP contribution in [0.25, 0.3) is 0 Å². The Kier molecular flexibility index (Phi) is 4.54. The van der Waals surface area contributed by atoms with Crippen molar-refractivity contribution < 1.29 is 9.90 Å². The van der Waals surface area contributed by atoms with Crippen molar-refractivity contribution >= 4 is 5.91 Å². The van der Waals surface area contributed by atoms with Gasteiger partial charge in [0.25, 0.3) is 0 Å². The summed E-state index contributed by atoms with van der Waals surface area (Å²) in [4.78, 5) is 11.8. The number of nitrogens with one attached hydrogen (secondary N) is 1. The molecule has 0 heterocycles. The largest absolute Gasteiger partial charge is 0.396 e. The molecule has 88 valence electrons. The van der Waals surface area contributed by atoms with Crippen molar-refractivity contribution in [2.24, 2.45) is 11.7 Å². The van der Waals surface area contributed by atoms with Gasteiger partial charge in [0, 0.05) is 18.7 Å². The summed E-state index contributed by atoms with van der Waals surface area (Å²) in [6.45, 7) is 2.62. The summed E-state index contributed by atoms with van der Waals surface area (Å²) in [5, 5.41) is 11.4. The normalized spacial score (nSPS) is 31.3. The molecule has 0 aromatic rings. The van der Waals surface area contributed by atoms with Crippen LogP contribution in [0.5, 0.6) is 0 Å². The van der Waals surface area contributed by atoms with E-state index in [1.165, 1.54) is 0 Å². The molecule has 0 aromatic carbocycles. The third kappa shape index (κ3) is 3.47. The third-order valence-electron chi connectivity index (χ3n) is 3.20. The summed E-state index contributed by atoms with van der Waals surface area (Å²) in [7, 11) is 0. The summed E-state index contributed by atoms with van der Waals surface area (Å²) in [5.74, 6) is -0.0157. The SMILES string of the molecule is CC1(N)CCCCC1C(=O)NCCCO. The molecule has 0 spiro atoms. The molecule has 1 fully saturated rings. The van der Waals surface area contributed by atoms with Crippen LogP contribution in [0.2, 0.25) is 0 Å². The molecule has 2 unspecified atom stereocenters. The first-order valence-corrected chi connectivity index (χ1v) is 5.75. The van der Waals surface area contributed by atoms with Crippen molar-refractivity contribution in [2.75, 3.05) is 13.2 Å². The minimum atomic E-state index is -0.360. The van der Waals surface area contributed by atoms with Crippen molar-refractivity contribution in [3.8, 4) is 0 Å². The van der Waals surface area contributed by atoms with Crippen LogP contribution in [-0.2, 0) is 4.79 Å². The summed E-state index contributed by atoms with van der Waals surface area (Å²) in [6.07, 6.45) is 4.63. The highest BCUT2D eigenvalue weighted by Gasteiger charge is 2.37. The summed E-state index contributed by atoms with van der Waals surface area (Å²) in [5.41, 5.74) is 5.76. The zero-order chi connectivity index (χ0) is 11.3. The summed E-state index contributed by atoms with van der Waals surface area (Å²) < 4.78 is 0. The van der Waals surface area contributed by atoms with Crippen molar-refractivity contribution in [1.82, 2.24) is 5.32 Å². The maximum absolute atomic E-state index is 11.8. The number of aliphatic hydroxyl groups excluding tert-OH is 1. The predicted molar refractivity (Wildman–Crippen MR) is 59.3 cm³/mol. The minimum absolute atomic E-state index is 0.0492. The monoisotopic (exact) mass is 214 g/mol. The Balaban J connectivity index is 2.42. The fourth-order valence-corrected chi connectivity index (χ4v) is 2.20. The molecule has 0 radical (unpaired) electrons. The highest BCUT2D eigenvalue weighted by atomic mass is 16.3. The lowest BCUT2D eigenvalue weighted by atomic mass is 9.74. The zero-order valence-electron chi connectivity index (χ0n) is 9.46. The molecule has 15 heavy (non-hydrogen) atoms. The van der Waals surface area contributed by atoms with E-state index >= 15 is 0 Å². The molecule has 0 saturated heterocycles. The number of carbonyl (C=O) groups excluding carboxylic acids is 1. The number of hydrogen-bond acceptors (Lipinski definition) is 3. The smallest absolute Gasteiger partial charge is 0.224 e. The average Bonchev–Trinajstić information content (AvgIpc) is 2.17. The lowest BCUT2D eigenvalue weighted by Gasteiger charge is -2.37. The highest BCUT2D eigenvalue weighted by molar-refractivity contribution is 5.80. The molecule has 0 aromatic heterocycles. The molecule has 0 aliphatic heterocycles. The van der Waals surface area contributed by atoms with E-state index in [-0.39, 0.29) is 24.0 Å². The van der Waals surface area contributed by atoms with E-state index in [4.69, 9.17) is 10.8 Å². The molecule has 1 saturated carbocycles. The van der Waals surface area contributed by atoms with E-state index in [0.29, 0.717) is 13.0 Å². The zero-order valence-corrected chi connectivity index (χ0v) is 9.46. The van der Waals surface area contributed by atoms with E-state index in [9.17, 15) is 4.79 Å². The van der Waals surface area contributed by atoms with Crippen molar-refractivity contribution in [1.29, 1.82) is 0 Å². The number of nitrogens with two attached hydrogens (primary N) is 1. The fraction of sp³-hybridized carbons (Fsp3) is 0.909. The van der Waals surface area contributed by atoms with Crippen LogP contribution in [0.15, 0.2) is 0 Å². The standard InChI is InChI=1S/C11H22N2O2/c1-11(12)6-3-2-5-9(11)10(15)13-7-4-8-14/h9,14H,2-8,12H2,1H3,(H,13,15). The topological polar surface area (TPSA) is 75.4 Å². The molecule has 4 N–H and O–H groups in total. The van der Waals surface area contributed by atoms with E-state index in [1.807, 2.05) is 6.92 Å². The molecule has 2 atom stereocenters. The average molecular weight is 214 g/mol. The van der Waals surface area contributed by atoms with E-state index in [1.54, 1.807) is 0 Å². The Morgan fingerprint density at radius 1 is 1.60 bits per heavy atom. The van der Waals surface area contributed by atoms with Crippen molar-refractivity contribution in [2.45, 2.75) is 44.6 Å². The van der Waals surface area contributed by atoms with Crippen LogP contribution in [0.4, 0.5) is 0 Å². The van der Waals surface area contributed by atoms with Gasteiger partial charge in [0.2, 0.25) is 5.91 Å². The molecular weight excluding hydrogens is 192 g/mol. The van der Waals surface area contributed by atoms with Crippen LogP contribution in [0.3, 0.4) is 0 Å². The number of rotatable bonds is 4. The van der Waals surface area contributed by atoms with Gasteiger partial charge >= 0.3 is 0 Å². The third-order valence-corrected chi connectivity index (χ3v) is 3.20. The van der Waals surface area contributed by atoms with Crippen LogP contribution in [-0.4, -0.2) is 29.7 Å². The number of amides is 1. The Bertz CT molecular complexity index is 217. The first-order valence-electron chi connectivity index (χ1n) is 5.75. The van der Waals surface area contributed by atoms with Crippen molar-refractivity contribution in [3.05, 3.63) is 0 Å². The Morgan fingerprint density at radius 2 is 2.33 bits per heavy atom. The quantitative estimate of drug-likeness (QED) is 0.593. The Labute approximate surface area is 91.2 Å². The van der Waals surface area contributed by atoms with Crippen molar-refractivity contribution in [3.63, 3.8) is 0 Å². The Hall–Kier alpha value is -0.610. The van der Waals surface area contributed by atoms with Crippen LogP contribution in [0.1, 0.15) is 39.0 Å². The molecular formula is C11H22N2O2. The second kappa shape index (κ2) is 5.47. The van der Waals surface area contributed by atoms with Crippen LogP contribution < -0.4 is 11.1 Å². The van der Waals surface area contributed by atoms with Gasteiger partial charge in [-0.05, 0) is 26.2 Å². The van der Waals surface area contributed by atoms with Gasteiger partial charge < -0.3 is 16.2 Å². The maximum Gasteiger partial charge on any atom is 0.224 e. The summed E-state index contributed by atoms with van der Waals surface area (Å²) >= 11 is 0. The van der Waals surface area contributed by atoms with Gasteiger partial charge in [-0.1, -0.05) is 12.8 Å². The van der Waals surface area contributed by atoms with Gasteiger partial charge in [0.1, 0.15) is 0 Å². The first-order chi connectivity index (χ1) is 7.08. The predicted octanol–water partition coefficient (Wildman–Crippen LogP) is 0.393. The van der Waals surface area contributed by atoms with E-state index in [2.05, 4.69) is 5.32 Å². The number of carbonyl (C=O) groups is 1. The van der Waals surface area contributed by atoms with Crippen LogP contribution in [0, 0.1) is 5.92 Å². The molecule has 4 nitrogen and oxygen atoms in total. The fourth-order valence-electron chi connectivity index (χ4n) is 2.20. The minimum Gasteiger partial charge on any atom is -0.396 e. The molecule has 1 rings (SSSR count). The second-order valence-corrected chi connectivity index (χ2v) is 4.67. The molecule has 4 heteroatoms. The van der Waals surface area contributed by atoms with E-state index < -0.39 is 0 Å². The molecule has 1 aliphatic rings. The second-order valence-electron chi connectivity index (χ2n) is 4.67. The van der Waals surface area contributed by atoms with Gasteiger partial charge in [-0.25, -0.2) is 0 Å². The molecule has 1 aliphatic carbocycles. The Morgan fingerprint density at radius 3 is 2.93 bits per heavy atom. The maximum atomic E-state index is 11.8. The lowest BCUT2D eigenvalue weighted by Crippen LogP contribution is -2.52.